The molecular formula is C23H25FN2O2. The number of fused-ring (bicyclic) bond motifs is 2. The van der Waals surface area contributed by atoms with E-state index >= 15 is 4.39 Å². The van der Waals surface area contributed by atoms with Crippen molar-refractivity contribution in [1.82, 2.24) is 5.32 Å². The van der Waals surface area contributed by atoms with E-state index in [4.69, 9.17) is 5.73 Å². The summed E-state index contributed by atoms with van der Waals surface area (Å²) in [4.78, 5) is 23.8. The van der Waals surface area contributed by atoms with Crippen LogP contribution >= 0.6 is 0 Å². The molecule has 146 valence electrons. The highest BCUT2D eigenvalue weighted by atomic mass is 19.1. The number of amides is 2. The standard InChI is InChI=1S/C23H25FN2O2/c1-2-5-20(27)26-15-8-3-7-14(10-15)21-19(24)12-18(23(25)28)17-11-13-6-4-9-16(13)22(17)21/h12,14-15H,3-4,6-11H2,1H3,(H2,25,28)(H,26,27)/t14-,15+/m1/s1. The van der Waals surface area contributed by atoms with Gasteiger partial charge in [-0.2, -0.15) is 0 Å². The molecule has 0 saturated heterocycles. The fraction of sp³-hybridized carbons (Fsp3) is 0.478. The van der Waals surface area contributed by atoms with Gasteiger partial charge in [0.2, 0.25) is 5.91 Å². The average molecular weight is 380 g/mol. The first-order chi connectivity index (χ1) is 13.5. The Bertz CT molecular complexity index is 952. The molecule has 3 aliphatic rings. The Balaban J connectivity index is 1.72. The Morgan fingerprint density at radius 3 is 2.82 bits per heavy atom. The molecule has 0 radical (unpaired) electrons. The van der Waals surface area contributed by atoms with E-state index in [0.717, 1.165) is 61.6 Å². The molecule has 2 atom stereocenters. The van der Waals surface area contributed by atoms with Crippen molar-refractivity contribution < 1.29 is 14.0 Å². The second-order valence-electron chi connectivity index (χ2n) is 8.06. The minimum absolute atomic E-state index is 0.00334. The zero-order chi connectivity index (χ0) is 19.8. The number of rotatable bonds is 3. The summed E-state index contributed by atoms with van der Waals surface area (Å²) in [7, 11) is 0. The normalized spacial score (nSPS) is 22.9. The number of primary amides is 1. The number of hydrogen-bond donors (Lipinski definition) is 2. The van der Waals surface area contributed by atoms with Gasteiger partial charge >= 0.3 is 0 Å². The second-order valence-corrected chi connectivity index (χ2v) is 8.06. The van der Waals surface area contributed by atoms with Gasteiger partial charge in [-0.3, -0.25) is 9.59 Å². The molecule has 0 aromatic heterocycles. The largest absolute Gasteiger partial charge is 0.366 e. The highest BCUT2D eigenvalue weighted by molar-refractivity contribution is 5.98. The maximum atomic E-state index is 15.3. The van der Waals surface area contributed by atoms with Crippen LogP contribution in [0.1, 0.15) is 84.8 Å². The van der Waals surface area contributed by atoms with Gasteiger partial charge in [0.1, 0.15) is 5.82 Å². The van der Waals surface area contributed by atoms with Gasteiger partial charge in [0.05, 0.1) is 0 Å². The first-order valence-electron chi connectivity index (χ1n) is 10.1. The number of hydrogen-bond acceptors (Lipinski definition) is 2. The Morgan fingerprint density at radius 2 is 2.07 bits per heavy atom. The van der Waals surface area contributed by atoms with Gasteiger partial charge in [-0.05, 0) is 92.0 Å². The quantitative estimate of drug-likeness (QED) is 0.787. The van der Waals surface area contributed by atoms with Crippen LogP contribution in [0, 0.1) is 17.7 Å². The van der Waals surface area contributed by atoms with Crippen LogP contribution in [0.2, 0.25) is 0 Å². The molecular weight excluding hydrogens is 355 g/mol. The van der Waals surface area contributed by atoms with Gasteiger partial charge < -0.3 is 11.1 Å². The van der Waals surface area contributed by atoms with Crippen LogP contribution in [-0.4, -0.2) is 17.9 Å². The number of allylic oxidation sites excluding steroid dienone is 2. The summed E-state index contributed by atoms with van der Waals surface area (Å²) in [5.74, 6) is 3.99. The molecule has 2 amide bonds. The van der Waals surface area contributed by atoms with E-state index in [2.05, 4.69) is 17.2 Å². The Labute approximate surface area is 164 Å². The Hall–Kier alpha value is -2.61. The van der Waals surface area contributed by atoms with Gasteiger partial charge in [0.25, 0.3) is 5.91 Å². The van der Waals surface area contributed by atoms with E-state index in [1.54, 1.807) is 6.92 Å². The van der Waals surface area contributed by atoms with Crippen LogP contribution in [0.15, 0.2) is 11.6 Å². The van der Waals surface area contributed by atoms with Crippen LogP contribution in [0.3, 0.4) is 0 Å². The third-order valence-electron chi connectivity index (χ3n) is 6.37. The van der Waals surface area contributed by atoms with E-state index in [9.17, 15) is 9.59 Å². The number of halogens is 1. The SMILES string of the molecule is CC#CC(=O)N[C@H]1CCC[C@@H](c2c(F)cc(C(N)=O)c3c2C2=C(CCC2)C3)C1. The lowest BCUT2D eigenvalue weighted by Crippen LogP contribution is -2.37. The van der Waals surface area contributed by atoms with Crippen LogP contribution in [0.5, 0.6) is 0 Å². The molecule has 1 aromatic carbocycles. The third kappa shape index (κ3) is 3.22. The van der Waals surface area contributed by atoms with Gasteiger partial charge in [-0.25, -0.2) is 4.39 Å². The molecule has 0 bridgehead atoms. The number of benzene rings is 1. The van der Waals surface area contributed by atoms with E-state index in [0.29, 0.717) is 12.0 Å². The van der Waals surface area contributed by atoms with Crippen molar-refractivity contribution in [1.29, 1.82) is 0 Å². The van der Waals surface area contributed by atoms with Crippen molar-refractivity contribution in [3.05, 3.63) is 39.7 Å². The lowest BCUT2D eigenvalue weighted by Gasteiger charge is -2.31. The topological polar surface area (TPSA) is 72.2 Å². The van der Waals surface area contributed by atoms with Gasteiger partial charge in [-0.15, -0.1) is 0 Å². The highest BCUT2D eigenvalue weighted by Gasteiger charge is 2.36. The zero-order valence-corrected chi connectivity index (χ0v) is 16.2. The van der Waals surface area contributed by atoms with Crippen molar-refractivity contribution in [2.24, 2.45) is 5.73 Å². The lowest BCUT2D eigenvalue weighted by atomic mass is 9.77. The van der Waals surface area contributed by atoms with Crippen molar-refractivity contribution in [2.75, 3.05) is 0 Å². The summed E-state index contributed by atoms with van der Waals surface area (Å²) in [5.41, 5.74) is 11.0. The summed E-state index contributed by atoms with van der Waals surface area (Å²) < 4.78 is 15.3. The van der Waals surface area contributed by atoms with Crippen molar-refractivity contribution >= 4 is 17.4 Å². The molecule has 4 rings (SSSR count). The molecule has 0 unspecified atom stereocenters. The summed E-state index contributed by atoms with van der Waals surface area (Å²) in [6.07, 6.45) is 7.14. The van der Waals surface area contributed by atoms with Crippen LogP contribution < -0.4 is 11.1 Å². The highest BCUT2D eigenvalue weighted by Crippen LogP contribution is 2.49. The smallest absolute Gasteiger partial charge is 0.296 e. The minimum Gasteiger partial charge on any atom is -0.366 e. The molecule has 3 aliphatic carbocycles. The first-order valence-corrected chi connectivity index (χ1v) is 10.1. The first kappa shape index (κ1) is 18.7. The third-order valence-corrected chi connectivity index (χ3v) is 6.37. The number of nitrogens with one attached hydrogen (secondary N) is 1. The molecule has 1 fully saturated rings. The molecule has 3 N–H and O–H groups in total. The molecule has 4 nitrogen and oxygen atoms in total. The molecule has 1 aromatic rings. The maximum absolute atomic E-state index is 15.3. The van der Waals surface area contributed by atoms with E-state index in [1.165, 1.54) is 17.2 Å². The van der Waals surface area contributed by atoms with Crippen molar-refractivity contribution in [3.63, 3.8) is 0 Å². The minimum atomic E-state index is -0.560. The van der Waals surface area contributed by atoms with E-state index < -0.39 is 5.91 Å². The van der Waals surface area contributed by atoms with Gasteiger partial charge in [0.15, 0.2) is 0 Å². The van der Waals surface area contributed by atoms with Gasteiger partial charge in [-0.1, -0.05) is 17.9 Å². The van der Waals surface area contributed by atoms with Crippen LogP contribution in [0.4, 0.5) is 4.39 Å². The molecule has 0 heterocycles. The van der Waals surface area contributed by atoms with E-state index in [-0.39, 0.29) is 23.7 Å². The summed E-state index contributed by atoms with van der Waals surface area (Å²) in [6, 6.07) is 1.33. The second kappa shape index (κ2) is 7.43. The van der Waals surface area contributed by atoms with Crippen molar-refractivity contribution in [2.45, 2.75) is 70.3 Å². The maximum Gasteiger partial charge on any atom is 0.296 e. The predicted molar refractivity (Wildman–Crippen MR) is 106 cm³/mol. The van der Waals surface area contributed by atoms with Crippen molar-refractivity contribution in [3.8, 4) is 11.8 Å². The summed E-state index contributed by atoms with van der Waals surface area (Å²) in [6.45, 7) is 1.63. The summed E-state index contributed by atoms with van der Waals surface area (Å²) >= 11 is 0. The predicted octanol–water partition coefficient (Wildman–Crippen LogP) is 3.58. The lowest BCUT2D eigenvalue weighted by molar-refractivity contribution is -0.116. The van der Waals surface area contributed by atoms with Crippen LogP contribution in [-0.2, 0) is 11.2 Å². The Morgan fingerprint density at radius 1 is 1.25 bits per heavy atom. The molecule has 0 aliphatic heterocycles. The van der Waals surface area contributed by atoms with Crippen LogP contribution in [0.25, 0.3) is 5.57 Å². The van der Waals surface area contributed by atoms with Gasteiger partial charge in [0, 0.05) is 11.6 Å². The van der Waals surface area contributed by atoms with E-state index in [1.807, 2.05) is 0 Å². The molecule has 5 heteroatoms. The molecule has 0 spiro atoms. The molecule has 1 saturated carbocycles. The zero-order valence-electron chi connectivity index (χ0n) is 16.2. The number of nitrogens with two attached hydrogens (primary N) is 1. The number of carbonyl (C=O) groups excluding carboxylic acids is 2. The monoisotopic (exact) mass is 380 g/mol. The average Bonchev–Trinajstić information content (AvgIpc) is 3.23. The fourth-order valence-electron chi connectivity index (χ4n) is 5.29. The number of carbonyl (C=O) groups is 2. The summed E-state index contributed by atoms with van der Waals surface area (Å²) in [5, 5.41) is 2.96. The molecule has 28 heavy (non-hydrogen) atoms. The Kier molecular flexibility index (Phi) is 4.97. The fourth-order valence-corrected chi connectivity index (χ4v) is 5.29.